The molecule has 1 aliphatic heterocycles. The molecule has 1 aromatic rings. The van der Waals surface area contributed by atoms with Crippen LogP contribution in [0.4, 0.5) is 0 Å². The lowest BCUT2D eigenvalue weighted by molar-refractivity contribution is 0.179. The molecule has 2 rings (SSSR count). The number of hydrogen-bond donors (Lipinski definition) is 2. The average molecular weight is 312 g/mol. The molecular weight excluding hydrogens is 288 g/mol. The predicted molar refractivity (Wildman–Crippen MR) is 83.8 cm³/mol. The Morgan fingerprint density at radius 1 is 1.43 bits per heavy atom. The van der Waals surface area contributed by atoms with Gasteiger partial charge in [0.25, 0.3) is 0 Å². The summed E-state index contributed by atoms with van der Waals surface area (Å²) >= 11 is 0. The molecule has 3 N–H and O–H groups in total. The lowest BCUT2D eigenvalue weighted by Gasteiger charge is -2.31. The van der Waals surface area contributed by atoms with E-state index in [4.69, 9.17) is 10.6 Å². The Morgan fingerprint density at radius 3 is 2.90 bits per heavy atom. The van der Waals surface area contributed by atoms with Gasteiger partial charge in [0.05, 0.1) is 12.4 Å². The molecule has 0 spiro atoms. The van der Waals surface area contributed by atoms with Crippen molar-refractivity contribution >= 4 is 9.84 Å². The first-order chi connectivity index (χ1) is 10.1. The number of nitrogens with two attached hydrogens (primary N) is 1. The smallest absolute Gasteiger partial charge is 0.150 e. The fraction of sp³-hybridized carbons (Fsp3) is 0.600. The molecule has 0 fully saturated rings. The van der Waals surface area contributed by atoms with Gasteiger partial charge in [0.15, 0.2) is 0 Å². The van der Waals surface area contributed by atoms with Gasteiger partial charge in [-0.15, -0.1) is 0 Å². The zero-order chi connectivity index (χ0) is 15.3. The number of benzene rings is 1. The molecule has 1 aliphatic rings. The fourth-order valence-electron chi connectivity index (χ4n) is 2.73. The number of rotatable bonds is 7. The summed E-state index contributed by atoms with van der Waals surface area (Å²) in [6, 6.07) is 8.09. The lowest BCUT2D eigenvalue weighted by Crippen LogP contribution is -2.45. The Hall–Kier alpha value is -1.11. The molecule has 5 nitrogen and oxygen atoms in total. The molecule has 1 heterocycles. The molecular formula is C15H24N2O3S. The van der Waals surface area contributed by atoms with E-state index in [-0.39, 0.29) is 23.5 Å². The minimum Gasteiger partial charge on any atom is -0.493 e. The number of hydrazine groups is 1. The molecule has 0 aromatic heterocycles. The number of ether oxygens (including phenoxy) is 1. The van der Waals surface area contributed by atoms with Gasteiger partial charge >= 0.3 is 0 Å². The van der Waals surface area contributed by atoms with Crippen molar-refractivity contribution in [1.82, 2.24) is 5.43 Å². The van der Waals surface area contributed by atoms with Gasteiger partial charge in [-0.2, -0.15) is 0 Å². The molecule has 0 saturated carbocycles. The Morgan fingerprint density at radius 2 is 2.19 bits per heavy atom. The van der Waals surface area contributed by atoms with Crippen LogP contribution in [0.25, 0.3) is 0 Å². The van der Waals surface area contributed by atoms with Gasteiger partial charge in [-0.25, -0.2) is 8.42 Å². The summed E-state index contributed by atoms with van der Waals surface area (Å²) in [5.74, 6) is 7.30. The van der Waals surface area contributed by atoms with E-state index in [1.807, 2.05) is 18.2 Å². The monoisotopic (exact) mass is 312 g/mol. The van der Waals surface area contributed by atoms with Crippen LogP contribution in [0, 0.1) is 5.92 Å². The molecule has 0 radical (unpaired) electrons. The van der Waals surface area contributed by atoms with Gasteiger partial charge in [-0.3, -0.25) is 11.3 Å². The molecule has 0 amide bonds. The van der Waals surface area contributed by atoms with Crippen LogP contribution in [0.3, 0.4) is 0 Å². The van der Waals surface area contributed by atoms with Crippen LogP contribution in [0.2, 0.25) is 0 Å². The Balaban J connectivity index is 1.91. The van der Waals surface area contributed by atoms with Crippen molar-refractivity contribution in [1.29, 1.82) is 0 Å². The van der Waals surface area contributed by atoms with Gasteiger partial charge in [0.1, 0.15) is 15.6 Å². The first-order valence-corrected chi connectivity index (χ1v) is 9.25. The third kappa shape index (κ3) is 4.43. The summed E-state index contributed by atoms with van der Waals surface area (Å²) in [4.78, 5) is 0. The van der Waals surface area contributed by atoms with Crippen molar-refractivity contribution < 1.29 is 13.2 Å². The molecule has 118 valence electrons. The number of sulfone groups is 1. The normalized spacial score (nSPS) is 19.6. The molecule has 1 aromatic carbocycles. The second kappa shape index (κ2) is 7.24. The summed E-state index contributed by atoms with van der Waals surface area (Å²) in [5.41, 5.74) is 4.02. The van der Waals surface area contributed by atoms with E-state index in [9.17, 15) is 8.42 Å². The quantitative estimate of drug-likeness (QED) is 0.585. The van der Waals surface area contributed by atoms with Crippen molar-refractivity contribution in [2.75, 3.05) is 18.1 Å². The third-order valence-electron chi connectivity index (χ3n) is 4.10. The average Bonchev–Trinajstić information content (AvgIpc) is 2.51. The SMILES string of the molecule is CCS(=O)(=O)CCCC(NN)C1COc2ccccc2C1. The largest absolute Gasteiger partial charge is 0.493 e. The second-order valence-electron chi connectivity index (χ2n) is 5.53. The predicted octanol–water partition coefficient (Wildman–Crippen LogP) is 1.28. The van der Waals surface area contributed by atoms with Gasteiger partial charge < -0.3 is 4.74 Å². The topological polar surface area (TPSA) is 81.4 Å². The maximum absolute atomic E-state index is 11.5. The van der Waals surface area contributed by atoms with E-state index >= 15 is 0 Å². The molecule has 0 bridgehead atoms. The summed E-state index contributed by atoms with van der Waals surface area (Å²) in [5, 5.41) is 0. The van der Waals surface area contributed by atoms with Crippen LogP contribution >= 0.6 is 0 Å². The van der Waals surface area contributed by atoms with Gasteiger partial charge in [0.2, 0.25) is 0 Å². The first kappa shape index (κ1) is 16.3. The maximum atomic E-state index is 11.5. The molecule has 0 saturated heterocycles. The van der Waals surface area contributed by atoms with Crippen molar-refractivity contribution in [3.8, 4) is 5.75 Å². The zero-order valence-corrected chi connectivity index (χ0v) is 13.2. The lowest BCUT2D eigenvalue weighted by atomic mass is 9.88. The van der Waals surface area contributed by atoms with Gasteiger partial charge in [0, 0.05) is 17.7 Å². The molecule has 0 aliphatic carbocycles. The number of hydrogen-bond acceptors (Lipinski definition) is 5. The van der Waals surface area contributed by atoms with E-state index in [0.29, 0.717) is 13.0 Å². The van der Waals surface area contributed by atoms with Crippen molar-refractivity contribution in [2.45, 2.75) is 32.2 Å². The first-order valence-electron chi connectivity index (χ1n) is 7.43. The Kier molecular flexibility index (Phi) is 5.61. The van der Waals surface area contributed by atoms with Crippen LogP contribution < -0.4 is 16.0 Å². The van der Waals surface area contributed by atoms with Crippen molar-refractivity contribution in [3.05, 3.63) is 29.8 Å². The maximum Gasteiger partial charge on any atom is 0.150 e. The molecule has 2 atom stereocenters. The minimum absolute atomic E-state index is 0.0745. The highest BCUT2D eigenvalue weighted by atomic mass is 32.2. The summed E-state index contributed by atoms with van der Waals surface area (Å²) < 4.78 is 28.8. The Bertz CT molecular complexity index is 560. The molecule has 6 heteroatoms. The minimum atomic E-state index is -2.90. The van der Waals surface area contributed by atoms with E-state index in [1.54, 1.807) is 6.92 Å². The highest BCUT2D eigenvalue weighted by Crippen LogP contribution is 2.29. The van der Waals surface area contributed by atoms with E-state index in [2.05, 4.69) is 11.5 Å². The van der Waals surface area contributed by atoms with E-state index in [1.165, 1.54) is 5.56 Å². The number of para-hydroxylation sites is 1. The third-order valence-corrected chi connectivity index (χ3v) is 5.89. The van der Waals surface area contributed by atoms with Crippen LogP contribution in [-0.2, 0) is 16.3 Å². The summed E-state index contributed by atoms with van der Waals surface area (Å²) in [6.45, 7) is 2.30. The zero-order valence-electron chi connectivity index (χ0n) is 12.4. The fourth-order valence-corrected chi connectivity index (χ4v) is 3.63. The standard InChI is InChI=1S/C15H24N2O3S/c1-2-21(18,19)9-5-7-14(17-16)13-10-12-6-3-4-8-15(12)20-11-13/h3-4,6,8,13-14,17H,2,5,7,9-11,16H2,1H3. The van der Waals surface area contributed by atoms with Crippen LogP contribution in [0.1, 0.15) is 25.3 Å². The van der Waals surface area contributed by atoms with Gasteiger partial charge in [-0.05, 0) is 30.9 Å². The van der Waals surface area contributed by atoms with Crippen molar-refractivity contribution in [2.24, 2.45) is 11.8 Å². The summed E-state index contributed by atoms with van der Waals surface area (Å²) in [7, 11) is -2.90. The number of nitrogens with one attached hydrogen (secondary N) is 1. The second-order valence-corrected chi connectivity index (χ2v) is 8.01. The van der Waals surface area contributed by atoms with E-state index < -0.39 is 9.84 Å². The summed E-state index contributed by atoms with van der Waals surface area (Å²) in [6.07, 6.45) is 2.28. The highest BCUT2D eigenvalue weighted by Gasteiger charge is 2.26. The van der Waals surface area contributed by atoms with Crippen LogP contribution in [0.5, 0.6) is 5.75 Å². The number of fused-ring (bicyclic) bond motifs is 1. The van der Waals surface area contributed by atoms with Crippen LogP contribution in [-0.4, -0.2) is 32.6 Å². The van der Waals surface area contributed by atoms with Crippen LogP contribution in [0.15, 0.2) is 24.3 Å². The van der Waals surface area contributed by atoms with E-state index in [0.717, 1.165) is 18.6 Å². The Labute approximate surface area is 126 Å². The molecule has 21 heavy (non-hydrogen) atoms. The van der Waals surface area contributed by atoms with Crippen molar-refractivity contribution in [3.63, 3.8) is 0 Å². The highest BCUT2D eigenvalue weighted by molar-refractivity contribution is 7.91. The molecule has 2 unspecified atom stereocenters. The van der Waals surface area contributed by atoms with Gasteiger partial charge in [-0.1, -0.05) is 25.1 Å².